The summed E-state index contributed by atoms with van der Waals surface area (Å²) in [6, 6.07) is 9.10. The van der Waals surface area contributed by atoms with Gasteiger partial charge in [-0.15, -0.1) is 0 Å². The number of rotatable bonds is 3. The third-order valence-electron chi connectivity index (χ3n) is 2.78. The summed E-state index contributed by atoms with van der Waals surface area (Å²) in [6.45, 7) is 0. The molecule has 20 heavy (non-hydrogen) atoms. The van der Waals surface area contributed by atoms with Gasteiger partial charge in [0.15, 0.2) is 5.16 Å². The fourth-order valence-electron chi connectivity index (χ4n) is 1.82. The van der Waals surface area contributed by atoms with E-state index in [1.807, 2.05) is 24.3 Å². The Kier molecular flexibility index (Phi) is 3.11. The average Bonchev–Trinajstić information content (AvgIpc) is 2.84. The number of pyridine rings is 1. The molecule has 0 bridgehead atoms. The maximum absolute atomic E-state index is 11.2. The summed E-state index contributed by atoms with van der Waals surface area (Å²) < 4.78 is 1.62. The number of hydrogen-bond acceptors (Lipinski definition) is 5. The van der Waals surface area contributed by atoms with E-state index in [0.29, 0.717) is 10.2 Å². The number of aromatic carboxylic acids is 1. The SMILES string of the molecule is Cn1ncnc1Sc1nc(C(=O)O)cc2ccccc12. The standard InChI is InChI=1S/C13H10N4O2S/c1-17-13(14-7-15-17)20-11-9-5-3-2-4-8(9)6-10(16-11)12(18)19/h2-7H,1H3,(H,18,19). The van der Waals surface area contributed by atoms with Gasteiger partial charge in [0, 0.05) is 12.4 Å². The summed E-state index contributed by atoms with van der Waals surface area (Å²) in [7, 11) is 1.78. The van der Waals surface area contributed by atoms with Crippen molar-refractivity contribution in [2.24, 2.45) is 7.05 Å². The fourth-order valence-corrected chi connectivity index (χ4v) is 2.71. The van der Waals surface area contributed by atoms with E-state index in [2.05, 4.69) is 15.1 Å². The third-order valence-corrected chi connectivity index (χ3v) is 3.84. The van der Waals surface area contributed by atoms with Crippen molar-refractivity contribution in [3.05, 3.63) is 42.4 Å². The molecular weight excluding hydrogens is 276 g/mol. The Morgan fingerprint density at radius 1 is 1.35 bits per heavy atom. The number of aryl methyl sites for hydroxylation is 1. The van der Waals surface area contributed by atoms with Gasteiger partial charge in [-0.25, -0.2) is 19.4 Å². The minimum atomic E-state index is -1.05. The van der Waals surface area contributed by atoms with E-state index < -0.39 is 5.97 Å². The van der Waals surface area contributed by atoms with Gasteiger partial charge >= 0.3 is 5.97 Å². The summed E-state index contributed by atoms with van der Waals surface area (Å²) in [6.07, 6.45) is 1.45. The van der Waals surface area contributed by atoms with E-state index in [-0.39, 0.29) is 5.69 Å². The zero-order chi connectivity index (χ0) is 14.1. The van der Waals surface area contributed by atoms with Gasteiger partial charge in [0.05, 0.1) is 0 Å². The third kappa shape index (κ3) is 2.23. The van der Waals surface area contributed by atoms with Crippen LogP contribution in [0, 0.1) is 0 Å². The second-order valence-corrected chi connectivity index (χ2v) is 5.06. The summed E-state index contributed by atoms with van der Waals surface area (Å²) in [4.78, 5) is 19.5. The lowest BCUT2D eigenvalue weighted by Crippen LogP contribution is -2.02. The molecule has 0 aliphatic heterocycles. The number of benzene rings is 1. The molecule has 0 unspecified atom stereocenters. The minimum Gasteiger partial charge on any atom is -0.477 e. The van der Waals surface area contributed by atoms with Crippen LogP contribution < -0.4 is 0 Å². The molecule has 100 valence electrons. The Bertz CT molecular complexity index is 800. The van der Waals surface area contributed by atoms with Crippen molar-refractivity contribution in [2.75, 3.05) is 0 Å². The molecular formula is C13H10N4O2S. The van der Waals surface area contributed by atoms with Crippen LogP contribution in [0.15, 0.2) is 46.8 Å². The smallest absolute Gasteiger partial charge is 0.354 e. The first kappa shape index (κ1) is 12.6. The number of carboxylic acids is 1. The van der Waals surface area contributed by atoms with Crippen molar-refractivity contribution in [1.82, 2.24) is 19.7 Å². The van der Waals surface area contributed by atoms with Crippen LogP contribution in [0.25, 0.3) is 10.8 Å². The Morgan fingerprint density at radius 2 is 2.15 bits per heavy atom. The van der Waals surface area contributed by atoms with Crippen LogP contribution in [0.3, 0.4) is 0 Å². The van der Waals surface area contributed by atoms with Crippen LogP contribution >= 0.6 is 11.8 Å². The lowest BCUT2D eigenvalue weighted by atomic mass is 10.1. The summed E-state index contributed by atoms with van der Waals surface area (Å²) in [5, 5.41) is 16.1. The van der Waals surface area contributed by atoms with Crippen molar-refractivity contribution in [1.29, 1.82) is 0 Å². The highest BCUT2D eigenvalue weighted by Gasteiger charge is 2.13. The number of carbonyl (C=O) groups is 1. The molecule has 0 spiro atoms. The van der Waals surface area contributed by atoms with Gasteiger partial charge in [0.25, 0.3) is 0 Å². The molecule has 3 rings (SSSR count). The molecule has 7 heteroatoms. The lowest BCUT2D eigenvalue weighted by molar-refractivity contribution is 0.0690. The molecule has 0 fully saturated rings. The Balaban J connectivity index is 2.17. The van der Waals surface area contributed by atoms with Crippen LogP contribution in [-0.2, 0) is 7.05 Å². The number of aromatic nitrogens is 4. The first-order valence-corrected chi connectivity index (χ1v) is 6.62. The molecule has 0 radical (unpaired) electrons. The number of nitrogens with zero attached hydrogens (tertiary/aromatic N) is 4. The van der Waals surface area contributed by atoms with Crippen LogP contribution in [0.5, 0.6) is 0 Å². The predicted molar refractivity (Wildman–Crippen MR) is 73.8 cm³/mol. The zero-order valence-corrected chi connectivity index (χ0v) is 11.3. The highest BCUT2D eigenvalue weighted by atomic mass is 32.2. The van der Waals surface area contributed by atoms with Crippen molar-refractivity contribution >= 4 is 28.5 Å². The van der Waals surface area contributed by atoms with Crippen molar-refractivity contribution < 1.29 is 9.90 Å². The van der Waals surface area contributed by atoms with Gasteiger partial charge < -0.3 is 5.11 Å². The normalized spacial score (nSPS) is 10.8. The largest absolute Gasteiger partial charge is 0.477 e. The van der Waals surface area contributed by atoms with E-state index >= 15 is 0 Å². The first-order valence-electron chi connectivity index (χ1n) is 5.80. The Morgan fingerprint density at radius 3 is 2.85 bits per heavy atom. The van der Waals surface area contributed by atoms with Crippen LogP contribution in [0.1, 0.15) is 10.5 Å². The fraction of sp³-hybridized carbons (Fsp3) is 0.0769. The topological polar surface area (TPSA) is 80.9 Å². The first-order chi connectivity index (χ1) is 9.65. The molecule has 0 amide bonds. The zero-order valence-electron chi connectivity index (χ0n) is 10.5. The van der Waals surface area contributed by atoms with Crippen molar-refractivity contribution in [2.45, 2.75) is 10.2 Å². The molecule has 0 aliphatic rings. The van der Waals surface area contributed by atoms with Gasteiger partial charge in [-0.05, 0) is 23.2 Å². The van der Waals surface area contributed by atoms with Gasteiger partial charge in [-0.1, -0.05) is 24.3 Å². The van der Waals surface area contributed by atoms with Crippen LogP contribution in [0.2, 0.25) is 0 Å². The molecule has 0 saturated carbocycles. The maximum Gasteiger partial charge on any atom is 0.354 e. The monoisotopic (exact) mass is 286 g/mol. The molecule has 2 heterocycles. The van der Waals surface area contributed by atoms with Gasteiger partial charge in [-0.2, -0.15) is 5.10 Å². The molecule has 0 atom stereocenters. The van der Waals surface area contributed by atoms with Crippen molar-refractivity contribution in [3.8, 4) is 0 Å². The molecule has 1 aromatic carbocycles. The minimum absolute atomic E-state index is 0.0216. The second kappa shape index (κ2) is 4.93. The predicted octanol–water partition coefficient (Wildman–Crippen LogP) is 2.21. The summed E-state index contributed by atoms with van der Waals surface area (Å²) >= 11 is 1.30. The average molecular weight is 286 g/mol. The lowest BCUT2D eigenvalue weighted by Gasteiger charge is -2.06. The van der Waals surface area contributed by atoms with E-state index in [1.165, 1.54) is 18.1 Å². The maximum atomic E-state index is 11.2. The van der Waals surface area contributed by atoms with E-state index in [0.717, 1.165) is 10.8 Å². The molecule has 0 saturated heterocycles. The van der Waals surface area contributed by atoms with E-state index in [9.17, 15) is 4.79 Å². The van der Waals surface area contributed by atoms with E-state index in [4.69, 9.17) is 5.11 Å². The molecule has 2 aromatic heterocycles. The number of hydrogen-bond donors (Lipinski definition) is 1. The second-order valence-electron chi connectivity index (χ2n) is 4.11. The highest BCUT2D eigenvalue weighted by Crippen LogP contribution is 2.30. The molecule has 6 nitrogen and oxygen atoms in total. The van der Waals surface area contributed by atoms with Gasteiger partial charge in [-0.3, -0.25) is 0 Å². The quantitative estimate of drug-likeness (QED) is 0.795. The number of fused-ring (bicyclic) bond motifs is 1. The highest BCUT2D eigenvalue weighted by molar-refractivity contribution is 7.99. The van der Waals surface area contributed by atoms with Crippen LogP contribution in [-0.4, -0.2) is 30.8 Å². The van der Waals surface area contributed by atoms with Gasteiger partial charge in [0.1, 0.15) is 17.0 Å². The Labute approximate surface area is 118 Å². The molecule has 1 N–H and O–H groups in total. The Hall–Kier alpha value is -2.41. The van der Waals surface area contributed by atoms with Gasteiger partial charge in [0.2, 0.25) is 0 Å². The molecule has 3 aromatic rings. The van der Waals surface area contributed by atoms with Crippen molar-refractivity contribution in [3.63, 3.8) is 0 Å². The molecule has 0 aliphatic carbocycles. The summed E-state index contributed by atoms with van der Waals surface area (Å²) in [5.41, 5.74) is 0.0216. The number of carboxylic acid groups (broad SMARTS) is 1. The van der Waals surface area contributed by atoms with Crippen LogP contribution in [0.4, 0.5) is 0 Å². The van der Waals surface area contributed by atoms with E-state index in [1.54, 1.807) is 17.8 Å². The summed E-state index contributed by atoms with van der Waals surface area (Å²) in [5.74, 6) is -1.05.